The Bertz CT molecular complexity index is 833. The van der Waals surface area contributed by atoms with E-state index in [2.05, 4.69) is 11.6 Å². The first-order valence-corrected chi connectivity index (χ1v) is 8.84. The number of hydrogen-bond donors (Lipinski definition) is 1. The summed E-state index contributed by atoms with van der Waals surface area (Å²) in [5.74, 6) is -1.78. The summed E-state index contributed by atoms with van der Waals surface area (Å²) in [4.78, 5) is 16.2. The first kappa shape index (κ1) is 23.3. The van der Waals surface area contributed by atoms with E-state index >= 15 is 0 Å². The van der Waals surface area contributed by atoms with Crippen LogP contribution < -0.4 is 5.73 Å². The van der Waals surface area contributed by atoms with Crippen molar-refractivity contribution in [3.8, 4) is 0 Å². The second-order valence-corrected chi connectivity index (χ2v) is 6.47. The molecule has 2 heterocycles. The lowest BCUT2D eigenvalue weighted by Gasteiger charge is -2.15. The molecule has 0 radical (unpaired) electrons. The molecule has 3 rings (SSSR count). The van der Waals surface area contributed by atoms with Gasteiger partial charge in [0.2, 0.25) is 0 Å². The molecule has 0 spiro atoms. The van der Waals surface area contributed by atoms with Crippen molar-refractivity contribution in [1.29, 1.82) is 0 Å². The van der Waals surface area contributed by atoms with Gasteiger partial charge in [-0.05, 0) is 36.2 Å². The summed E-state index contributed by atoms with van der Waals surface area (Å²) >= 11 is 0. The van der Waals surface area contributed by atoms with E-state index in [0.717, 1.165) is 18.3 Å². The fourth-order valence-corrected chi connectivity index (χ4v) is 2.61. The van der Waals surface area contributed by atoms with Crippen molar-refractivity contribution >= 4 is 11.7 Å². The van der Waals surface area contributed by atoms with E-state index in [0.29, 0.717) is 24.3 Å². The summed E-state index contributed by atoms with van der Waals surface area (Å²) in [6.45, 7) is 3.72. The predicted octanol–water partition coefficient (Wildman–Crippen LogP) is 4.11. The number of nitrogen functional groups attached to an aromatic ring is 1. The van der Waals surface area contributed by atoms with Gasteiger partial charge in [-0.15, -0.1) is 0 Å². The number of pyridine rings is 1. The van der Waals surface area contributed by atoms with Crippen LogP contribution in [-0.4, -0.2) is 35.0 Å². The molecule has 0 bridgehead atoms. The Hall–Kier alpha value is -3.01. The minimum atomic E-state index is -4.36. The third-order valence-corrected chi connectivity index (χ3v) is 4.18. The van der Waals surface area contributed by atoms with Gasteiger partial charge in [-0.1, -0.05) is 18.7 Å². The molecular weight excluding hydrogens is 409 g/mol. The third-order valence-electron chi connectivity index (χ3n) is 4.18. The molecular formula is C20H20F5N3O2. The molecule has 1 fully saturated rings. The Labute approximate surface area is 170 Å². The highest BCUT2D eigenvalue weighted by molar-refractivity contribution is 5.90. The van der Waals surface area contributed by atoms with Gasteiger partial charge in [0.1, 0.15) is 11.6 Å². The molecule has 1 atom stereocenters. The minimum absolute atomic E-state index is 0.140. The lowest BCUT2D eigenvalue weighted by Crippen LogP contribution is -2.30. The summed E-state index contributed by atoms with van der Waals surface area (Å²) in [6, 6.07) is 7.37. The van der Waals surface area contributed by atoms with E-state index in [4.69, 9.17) is 10.5 Å². The molecule has 1 saturated heterocycles. The Morgan fingerprint density at radius 2 is 1.90 bits per heavy atom. The van der Waals surface area contributed by atoms with Crippen LogP contribution in [0.2, 0.25) is 0 Å². The van der Waals surface area contributed by atoms with E-state index in [1.165, 1.54) is 29.2 Å². The van der Waals surface area contributed by atoms with Crippen molar-refractivity contribution in [3.05, 3.63) is 71.9 Å². The topological polar surface area (TPSA) is 68.5 Å². The normalized spacial score (nSPS) is 16.0. The smallest absolute Gasteiger partial charge is 0.384 e. The highest BCUT2D eigenvalue weighted by Crippen LogP contribution is 2.29. The number of carbonyl (C=O) groups is 1. The lowest BCUT2D eigenvalue weighted by atomic mass is 10.1. The molecule has 1 unspecified atom stereocenters. The van der Waals surface area contributed by atoms with E-state index in [1.807, 2.05) is 0 Å². The number of nitrogens with two attached hydrogens (primary N) is 1. The van der Waals surface area contributed by atoms with Crippen molar-refractivity contribution in [2.24, 2.45) is 0 Å². The number of anilines is 1. The van der Waals surface area contributed by atoms with Crippen LogP contribution in [0.1, 0.15) is 17.5 Å². The Kier molecular flexibility index (Phi) is 7.87. The summed E-state index contributed by atoms with van der Waals surface area (Å²) in [6.07, 6.45) is -2.99. The van der Waals surface area contributed by atoms with Crippen molar-refractivity contribution in [1.82, 2.24) is 9.88 Å². The zero-order valence-electron chi connectivity index (χ0n) is 15.8. The largest absolute Gasteiger partial charge is 0.416 e. The van der Waals surface area contributed by atoms with Crippen LogP contribution in [0.15, 0.2) is 55.0 Å². The molecule has 30 heavy (non-hydrogen) atoms. The fourth-order valence-electron chi connectivity index (χ4n) is 2.61. The van der Waals surface area contributed by atoms with Gasteiger partial charge in [0, 0.05) is 13.1 Å². The standard InChI is InChI=1S/C15H15F4NO2.C5H5FN2/c1-10(16)14(21)20-7-6-13(8-20)22-9-11-2-4-12(5-3-11)15(17,18)19;6-4-1-2-5(7)8-3-4/h2-5,13H,1,6-9H2;1-3H,(H2,7,8). The van der Waals surface area contributed by atoms with Gasteiger partial charge in [-0.2, -0.15) is 13.2 Å². The number of nitrogens with zero attached hydrogens (tertiary/aromatic N) is 2. The monoisotopic (exact) mass is 429 g/mol. The molecule has 0 saturated carbocycles. The molecule has 1 aliphatic heterocycles. The van der Waals surface area contributed by atoms with Gasteiger partial charge >= 0.3 is 6.18 Å². The van der Waals surface area contributed by atoms with Crippen molar-refractivity contribution < 1.29 is 31.5 Å². The van der Waals surface area contributed by atoms with Crippen LogP contribution in [0.5, 0.6) is 0 Å². The number of hydrogen-bond acceptors (Lipinski definition) is 4. The number of carbonyl (C=O) groups excluding carboxylic acids is 1. The van der Waals surface area contributed by atoms with Gasteiger partial charge in [-0.25, -0.2) is 13.8 Å². The Morgan fingerprint density at radius 3 is 2.40 bits per heavy atom. The van der Waals surface area contributed by atoms with Gasteiger partial charge in [0.05, 0.1) is 24.5 Å². The lowest BCUT2D eigenvalue weighted by molar-refractivity contribution is -0.137. The quantitative estimate of drug-likeness (QED) is 0.587. The number of alkyl halides is 3. The summed E-state index contributed by atoms with van der Waals surface area (Å²) < 4.78 is 67.5. The zero-order chi connectivity index (χ0) is 22.3. The Morgan fingerprint density at radius 1 is 1.23 bits per heavy atom. The number of likely N-dealkylation sites (tertiary alicyclic amines) is 1. The van der Waals surface area contributed by atoms with Crippen molar-refractivity contribution in [2.75, 3.05) is 18.8 Å². The predicted molar refractivity (Wildman–Crippen MR) is 100 cm³/mol. The molecule has 1 aromatic heterocycles. The van der Waals surface area contributed by atoms with Crippen LogP contribution in [0.4, 0.5) is 27.8 Å². The van der Waals surface area contributed by atoms with Crippen LogP contribution in [0, 0.1) is 5.82 Å². The van der Waals surface area contributed by atoms with Gasteiger partial charge in [0.25, 0.3) is 5.91 Å². The van der Waals surface area contributed by atoms with Crippen LogP contribution >= 0.6 is 0 Å². The number of ether oxygens (including phenoxy) is 1. The van der Waals surface area contributed by atoms with E-state index in [-0.39, 0.29) is 25.1 Å². The van der Waals surface area contributed by atoms with Crippen molar-refractivity contribution in [2.45, 2.75) is 25.3 Å². The third kappa shape index (κ3) is 7.11. The molecule has 2 aromatic rings. The number of rotatable bonds is 4. The zero-order valence-corrected chi connectivity index (χ0v) is 15.8. The number of benzene rings is 1. The minimum Gasteiger partial charge on any atom is -0.384 e. The van der Waals surface area contributed by atoms with E-state index in [1.54, 1.807) is 0 Å². The van der Waals surface area contributed by atoms with Crippen LogP contribution in [-0.2, 0) is 22.3 Å². The molecule has 1 amide bonds. The molecule has 5 nitrogen and oxygen atoms in total. The summed E-state index contributed by atoms with van der Waals surface area (Å²) in [7, 11) is 0. The molecule has 1 aromatic carbocycles. The first-order valence-electron chi connectivity index (χ1n) is 8.84. The highest BCUT2D eigenvalue weighted by atomic mass is 19.4. The average Bonchev–Trinajstić information content (AvgIpc) is 3.17. The van der Waals surface area contributed by atoms with E-state index in [9.17, 15) is 26.7 Å². The van der Waals surface area contributed by atoms with Gasteiger partial charge in [0.15, 0.2) is 5.83 Å². The summed E-state index contributed by atoms with van der Waals surface area (Å²) in [5.41, 5.74) is 5.04. The first-order chi connectivity index (χ1) is 14.1. The second-order valence-electron chi connectivity index (χ2n) is 6.47. The molecule has 10 heteroatoms. The van der Waals surface area contributed by atoms with E-state index < -0.39 is 23.5 Å². The van der Waals surface area contributed by atoms with Crippen molar-refractivity contribution in [3.63, 3.8) is 0 Å². The van der Waals surface area contributed by atoms with Gasteiger partial charge in [-0.3, -0.25) is 4.79 Å². The van der Waals surface area contributed by atoms with Crippen LogP contribution in [0.3, 0.4) is 0 Å². The number of amides is 1. The average molecular weight is 429 g/mol. The molecule has 2 N–H and O–H groups in total. The SMILES string of the molecule is C=C(F)C(=O)N1CCC(OCc2ccc(C(F)(F)F)cc2)C1.Nc1ccc(F)cn1. The number of aromatic nitrogens is 1. The summed E-state index contributed by atoms with van der Waals surface area (Å²) in [5, 5.41) is 0. The number of halogens is 5. The fraction of sp³-hybridized carbons (Fsp3) is 0.300. The maximum Gasteiger partial charge on any atom is 0.416 e. The molecule has 162 valence electrons. The maximum absolute atomic E-state index is 12.7. The van der Waals surface area contributed by atoms with Gasteiger partial charge < -0.3 is 15.4 Å². The Balaban J connectivity index is 0.000000335. The highest BCUT2D eigenvalue weighted by Gasteiger charge is 2.30. The maximum atomic E-state index is 12.7. The molecule has 0 aliphatic carbocycles. The van der Waals surface area contributed by atoms with Crippen LogP contribution in [0.25, 0.3) is 0 Å². The second kappa shape index (κ2) is 10.1. The molecule has 1 aliphatic rings.